The van der Waals surface area contributed by atoms with Crippen molar-refractivity contribution >= 4 is 28.0 Å². The van der Waals surface area contributed by atoms with E-state index < -0.39 is 19.0 Å². The minimum Gasteiger partial charge on any atom is -0.487 e. The van der Waals surface area contributed by atoms with Gasteiger partial charge in [-0.3, -0.25) is 4.99 Å². The van der Waals surface area contributed by atoms with Gasteiger partial charge in [0.25, 0.3) is 0 Å². The van der Waals surface area contributed by atoms with Gasteiger partial charge in [-0.05, 0) is 84.6 Å². The van der Waals surface area contributed by atoms with E-state index in [4.69, 9.17) is 10.5 Å². The van der Waals surface area contributed by atoms with Crippen molar-refractivity contribution in [3.05, 3.63) is 101 Å². The smallest absolute Gasteiger partial charge is 0.340 e. The Balaban J connectivity index is 0.000000247. The van der Waals surface area contributed by atoms with E-state index >= 15 is 0 Å². The molecule has 0 spiro atoms. The first kappa shape index (κ1) is 29.7. The van der Waals surface area contributed by atoms with Crippen LogP contribution in [0, 0.1) is 11.6 Å². The fourth-order valence-electron chi connectivity index (χ4n) is 4.17. The van der Waals surface area contributed by atoms with Crippen molar-refractivity contribution in [3.8, 4) is 5.75 Å². The first-order valence-corrected chi connectivity index (χ1v) is 12.8. The molecule has 216 valence electrons. The molecule has 5 rings (SSSR count). The lowest BCUT2D eigenvalue weighted by Crippen LogP contribution is -2.33. The van der Waals surface area contributed by atoms with Gasteiger partial charge in [-0.15, -0.1) is 0 Å². The molecule has 0 fully saturated rings. The van der Waals surface area contributed by atoms with Crippen LogP contribution in [-0.2, 0) is 12.8 Å². The van der Waals surface area contributed by atoms with Gasteiger partial charge in [0.2, 0.25) is 0 Å². The van der Waals surface area contributed by atoms with E-state index in [-0.39, 0.29) is 17.4 Å². The fourth-order valence-corrected chi connectivity index (χ4v) is 4.17. The fraction of sp³-hybridized carbons (Fsp3) is 0.233. The highest BCUT2D eigenvalue weighted by molar-refractivity contribution is 5.84. The van der Waals surface area contributed by atoms with Gasteiger partial charge in [0, 0.05) is 47.0 Å². The normalized spacial score (nSPS) is 11.9. The molecule has 0 saturated heterocycles. The van der Waals surface area contributed by atoms with Crippen LogP contribution in [0.25, 0.3) is 21.8 Å². The Bertz CT molecular complexity index is 1610. The number of aliphatic imine (C=N–C) groups is 1. The van der Waals surface area contributed by atoms with Crippen LogP contribution < -0.4 is 10.5 Å². The van der Waals surface area contributed by atoms with E-state index in [2.05, 4.69) is 15.0 Å². The number of benzene rings is 3. The minimum atomic E-state index is -4.20. The minimum absolute atomic E-state index is 0.0583. The maximum Gasteiger partial charge on any atom is 0.340 e. The van der Waals surface area contributed by atoms with Gasteiger partial charge in [0.1, 0.15) is 17.4 Å². The lowest BCUT2D eigenvalue weighted by molar-refractivity contribution is -0.148. The summed E-state index contributed by atoms with van der Waals surface area (Å²) >= 11 is 0. The predicted molar refractivity (Wildman–Crippen MR) is 148 cm³/mol. The summed E-state index contributed by atoms with van der Waals surface area (Å²) < 4.78 is 80.9. The Hall–Kier alpha value is -4.25. The summed E-state index contributed by atoms with van der Waals surface area (Å²) in [5.74, 6) is -4.67. The van der Waals surface area contributed by atoms with Crippen LogP contribution in [0.15, 0.2) is 78.0 Å². The quantitative estimate of drug-likeness (QED) is 0.123. The Morgan fingerprint density at radius 3 is 2.05 bits per heavy atom. The molecule has 0 unspecified atom stereocenters. The number of nitrogens with one attached hydrogen (secondary N) is 2. The van der Waals surface area contributed by atoms with Crippen molar-refractivity contribution in [2.45, 2.75) is 25.2 Å². The van der Waals surface area contributed by atoms with Crippen molar-refractivity contribution in [1.82, 2.24) is 9.97 Å². The number of halogens is 6. The summed E-state index contributed by atoms with van der Waals surface area (Å²) in [5.41, 5.74) is 9.75. The summed E-state index contributed by atoms with van der Waals surface area (Å²) in [5, 5.41) is 1.99. The predicted octanol–water partition coefficient (Wildman–Crippen LogP) is 7.06. The highest BCUT2D eigenvalue weighted by Crippen LogP contribution is 2.25. The number of fused-ring (bicyclic) bond motifs is 2. The van der Waals surface area contributed by atoms with E-state index in [1.54, 1.807) is 36.7 Å². The maximum absolute atomic E-state index is 13.2. The molecule has 2 aromatic heterocycles. The zero-order chi connectivity index (χ0) is 29.4. The summed E-state index contributed by atoms with van der Waals surface area (Å²) in [6.45, 7) is -0.324. The molecule has 0 bridgehead atoms. The van der Waals surface area contributed by atoms with Crippen molar-refractivity contribution in [1.29, 1.82) is 0 Å². The SMILES string of the molecule is Fc1ccc2c(CCN=Cc3cccc(OCC(F)(F)C(F)F)c3)c[nH]c2c1.NCCc1c[nH]c2cc(F)ccc12. The third-order valence-electron chi connectivity index (χ3n) is 6.23. The summed E-state index contributed by atoms with van der Waals surface area (Å²) in [7, 11) is 0. The van der Waals surface area contributed by atoms with E-state index in [1.165, 1.54) is 36.4 Å². The van der Waals surface area contributed by atoms with E-state index in [0.717, 1.165) is 33.8 Å². The molecular formula is C30H28F6N4O. The monoisotopic (exact) mass is 574 g/mol. The van der Waals surface area contributed by atoms with E-state index in [1.807, 2.05) is 6.20 Å². The Labute approximate surface area is 232 Å². The summed E-state index contributed by atoms with van der Waals surface area (Å²) in [6, 6.07) is 15.4. The molecule has 0 atom stereocenters. The first-order valence-electron chi connectivity index (χ1n) is 12.8. The number of hydrogen-bond acceptors (Lipinski definition) is 3. The highest BCUT2D eigenvalue weighted by Gasteiger charge is 2.41. The summed E-state index contributed by atoms with van der Waals surface area (Å²) in [4.78, 5) is 10.3. The number of ether oxygens (including phenoxy) is 1. The van der Waals surface area contributed by atoms with E-state index in [9.17, 15) is 26.3 Å². The topological polar surface area (TPSA) is 79.2 Å². The number of aromatic amines is 2. The number of nitrogens with zero attached hydrogens (tertiary/aromatic N) is 1. The average molecular weight is 575 g/mol. The molecule has 0 radical (unpaired) electrons. The largest absolute Gasteiger partial charge is 0.487 e. The van der Waals surface area contributed by atoms with Gasteiger partial charge in [-0.1, -0.05) is 12.1 Å². The second kappa shape index (κ2) is 13.4. The van der Waals surface area contributed by atoms with Gasteiger partial charge < -0.3 is 20.4 Å². The third kappa shape index (κ3) is 7.91. The Kier molecular flexibility index (Phi) is 9.72. The van der Waals surface area contributed by atoms with Gasteiger partial charge >= 0.3 is 12.3 Å². The molecular weight excluding hydrogens is 546 g/mol. The molecule has 2 heterocycles. The Morgan fingerprint density at radius 2 is 1.46 bits per heavy atom. The van der Waals surface area contributed by atoms with Gasteiger partial charge in [-0.2, -0.15) is 8.78 Å². The number of rotatable bonds is 10. The van der Waals surface area contributed by atoms with Gasteiger partial charge in [0.15, 0.2) is 6.61 Å². The lowest BCUT2D eigenvalue weighted by Gasteiger charge is -2.16. The molecule has 4 N–H and O–H groups in total. The highest BCUT2D eigenvalue weighted by atomic mass is 19.3. The number of aromatic nitrogens is 2. The van der Waals surface area contributed by atoms with Gasteiger partial charge in [-0.25, -0.2) is 17.6 Å². The molecule has 0 aliphatic heterocycles. The first-order chi connectivity index (χ1) is 19.7. The van der Waals surface area contributed by atoms with Gasteiger partial charge in [0.05, 0.1) is 0 Å². The number of alkyl halides is 4. The molecule has 5 nitrogen and oxygen atoms in total. The van der Waals surface area contributed by atoms with Crippen LogP contribution >= 0.6 is 0 Å². The van der Waals surface area contributed by atoms with Crippen LogP contribution in [0.2, 0.25) is 0 Å². The average Bonchev–Trinajstić information content (AvgIpc) is 3.53. The van der Waals surface area contributed by atoms with Crippen molar-refractivity contribution in [3.63, 3.8) is 0 Å². The summed E-state index contributed by atoms with van der Waals surface area (Å²) in [6.07, 6.45) is 2.91. The second-order valence-corrected chi connectivity index (χ2v) is 9.25. The van der Waals surface area contributed by atoms with Crippen LogP contribution in [0.4, 0.5) is 26.3 Å². The zero-order valence-corrected chi connectivity index (χ0v) is 21.8. The van der Waals surface area contributed by atoms with Crippen molar-refractivity contribution in [2.24, 2.45) is 10.7 Å². The molecule has 11 heteroatoms. The van der Waals surface area contributed by atoms with Crippen LogP contribution in [0.1, 0.15) is 16.7 Å². The van der Waals surface area contributed by atoms with Crippen LogP contribution in [0.3, 0.4) is 0 Å². The third-order valence-corrected chi connectivity index (χ3v) is 6.23. The maximum atomic E-state index is 13.2. The zero-order valence-electron chi connectivity index (χ0n) is 21.8. The van der Waals surface area contributed by atoms with Crippen molar-refractivity contribution in [2.75, 3.05) is 19.7 Å². The molecule has 5 aromatic rings. The second-order valence-electron chi connectivity index (χ2n) is 9.25. The van der Waals surface area contributed by atoms with Crippen LogP contribution in [-0.4, -0.2) is 48.2 Å². The molecule has 0 amide bonds. The molecule has 0 aliphatic rings. The Morgan fingerprint density at radius 1 is 0.854 bits per heavy atom. The molecule has 3 aromatic carbocycles. The standard InChI is InChI=1S/C20H17F5N2O.C10H11FN2/c21-15-4-5-17-14(11-27-18(17)9-15)6-7-26-10-13-2-1-3-16(8-13)28-12-20(24,25)19(22)23;11-8-1-2-9-7(3-4-12)6-13-10(9)5-8/h1-5,8-11,19,27H,6-7,12H2;1-2,5-6,13H,3-4,12H2. The molecule has 0 saturated carbocycles. The lowest BCUT2D eigenvalue weighted by atomic mass is 10.1. The molecule has 0 aliphatic carbocycles. The van der Waals surface area contributed by atoms with Crippen molar-refractivity contribution < 1.29 is 31.1 Å². The van der Waals surface area contributed by atoms with E-state index in [0.29, 0.717) is 30.6 Å². The number of H-pyrrole nitrogens is 2. The number of nitrogens with two attached hydrogens (primary N) is 1. The molecule has 41 heavy (non-hydrogen) atoms. The van der Waals surface area contributed by atoms with Crippen LogP contribution in [0.5, 0.6) is 5.75 Å². The number of hydrogen-bond donors (Lipinski definition) is 3.